The summed E-state index contributed by atoms with van der Waals surface area (Å²) < 4.78 is 5.24. The maximum atomic E-state index is 12.9. The van der Waals surface area contributed by atoms with Gasteiger partial charge in [-0.2, -0.15) is 0 Å². The molecule has 1 atom stereocenters. The molecule has 0 radical (unpaired) electrons. The van der Waals surface area contributed by atoms with Crippen molar-refractivity contribution >= 4 is 16.7 Å². The van der Waals surface area contributed by atoms with Gasteiger partial charge in [-0.25, -0.2) is 0 Å². The highest BCUT2D eigenvalue weighted by molar-refractivity contribution is 6.19. The van der Waals surface area contributed by atoms with Crippen LogP contribution in [0.4, 0.5) is 0 Å². The third kappa shape index (κ3) is 1.51. The van der Waals surface area contributed by atoms with Crippen LogP contribution in [0.3, 0.4) is 0 Å². The molecule has 0 bridgehead atoms. The van der Waals surface area contributed by atoms with Gasteiger partial charge in [0.15, 0.2) is 5.78 Å². The summed E-state index contributed by atoms with van der Waals surface area (Å²) in [5.41, 5.74) is 1.50. The SMILES string of the molecule is COc1ccc2[nH]c3c(c2c1)C(=O)c1ccncc1C3(C)O. The first kappa shape index (κ1) is 13.0. The second kappa shape index (κ2) is 4.18. The van der Waals surface area contributed by atoms with Gasteiger partial charge < -0.3 is 14.8 Å². The summed E-state index contributed by atoms with van der Waals surface area (Å²) in [6.07, 6.45) is 3.11. The fourth-order valence-electron chi connectivity index (χ4n) is 3.15. The third-order valence-corrected chi connectivity index (χ3v) is 4.31. The highest BCUT2D eigenvalue weighted by atomic mass is 16.5. The van der Waals surface area contributed by atoms with Crippen LogP contribution in [-0.2, 0) is 5.60 Å². The van der Waals surface area contributed by atoms with Gasteiger partial charge in [-0.3, -0.25) is 9.78 Å². The number of fused-ring (bicyclic) bond motifs is 4. The molecule has 1 aromatic carbocycles. The molecule has 0 aliphatic heterocycles. The predicted octanol–water partition coefficient (Wildman–Crippen LogP) is 2.37. The number of aliphatic hydroxyl groups is 1. The number of nitrogens with one attached hydrogen (secondary N) is 1. The van der Waals surface area contributed by atoms with Crippen molar-refractivity contribution in [1.82, 2.24) is 9.97 Å². The summed E-state index contributed by atoms with van der Waals surface area (Å²) in [6, 6.07) is 7.12. The molecule has 4 rings (SSSR count). The standard InChI is InChI=1S/C17H14N2O3/c1-17(21)12-8-18-6-5-10(12)15(20)14-11-7-9(22-2)3-4-13(11)19-16(14)17/h3-8,19,21H,1-2H3. The number of methoxy groups -OCH3 is 1. The van der Waals surface area contributed by atoms with Gasteiger partial charge in [-0.05, 0) is 31.2 Å². The van der Waals surface area contributed by atoms with Crippen molar-refractivity contribution in [3.63, 3.8) is 0 Å². The Morgan fingerprint density at radius 1 is 1.32 bits per heavy atom. The lowest BCUT2D eigenvalue weighted by Gasteiger charge is -2.29. The van der Waals surface area contributed by atoms with E-state index in [1.165, 1.54) is 0 Å². The van der Waals surface area contributed by atoms with Gasteiger partial charge in [0.25, 0.3) is 0 Å². The minimum Gasteiger partial charge on any atom is -0.497 e. The molecule has 0 fully saturated rings. The Balaban J connectivity index is 2.10. The van der Waals surface area contributed by atoms with Crippen LogP contribution in [0.2, 0.25) is 0 Å². The Hall–Kier alpha value is -2.66. The van der Waals surface area contributed by atoms with Crippen LogP contribution in [0.15, 0.2) is 36.7 Å². The number of benzene rings is 1. The molecule has 1 aliphatic carbocycles. The first-order valence-electron chi connectivity index (χ1n) is 6.96. The van der Waals surface area contributed by atoms with Gasteiger partial charge in [-0.1, -0.05) is 0 Å². The zero-order valence-electron chi connectivity index (χ0n) is 12.2. The van der Waals surface area contributed by atoms with E-state index in [4.69, 9.17) is 4.74 Å². The minimum absolute atomic E-state index is 0.113. The maximum absolute atomic E-state index is 12.9. The fourth-order valence-corrected chi connectivity index (χ4v) is 3.15. The summed E-state index contributed by atoms with van der Waals surface area (Å²) in [5.74, 6) is 0.556. The molecule has 5 nitrogen and oxygen atoms in total. The monoisotopic (exact) mass is 294 g/mol. The zero-order chi connectivity index (χ0) is 15.5. The average Bonchev–Trinajstić information content (AvgIpc) is 2.92. The first-order chi connectivity index (χ1) is 10.5. The molecule has 2 heterocycles. The number of carbonyl (C=O) groups is 1. The average molecular weight is 294 g/mol. The Morgan fingerprint density at radius 3 is 2.91 bits per heavy atom. The van der Waals surface area contributed by atoms with Crippen molar-refractivity contribution in [3.8, 4) is 5.75 Å². The van der Waals surface area contributed by atoms with E-state index in [0.717, 1.165) is 10.9 Å². The normalized spacial score (nSPS) is 19.9. The number of ketones is 1. The molecule has 0 amide bonds. The smallest absolute Gasteiger partial charge is 0.196 e. The summed E-state index contributed by atoms with van der Waals surface area (Å²) in [4.78, 5) is 20.1. The first-order valence-corrected chi connectivity index (χ1v) is 6.96. The van der Waals surface area contributed by atoms with Crippen molar-refractivity contribution in [2.24, 2.45) is 0 Å². The van der Waals surface area contributed by atoms with E-state index in [9.17, 15) is 9.90 Å². The maximum Gasteiger partial charge on any atom is 0.196 e. The van der Waals surface area contributed by atoms with Gasteiger partial charge in [-0.15, -0.1) is 0 Å². The number of hydrogen-bond acceptors (Lipinski definition) is 4. The number of ether oxygens (including phenoxy) is 1. The van der Waals surface area contributed by atoms with Crippen LogP contribution >= 0.6 is 0 Å². The van der Waals surface area contributed by atoms with Crippen molar-refractivity contribution in [2.45, 2.75) is 12.5 Å². The molecule has 1 unspecified atom stereocenters. The Bertz CT molecular complexity index is 925. The molecule has 0 spiro atoms. The molecule has 2 N–H and O–H groups in total. The van der Waals surface area contributed by atoms with Gasteiger partial charge in [0.05, 0.1) is 18.4 Å². The largest absolute Gasteiger partial charge is 0.497 e. The van der Waals surface area contributed by atoms with Crippen molar-refractivity contribution in [2.75, 3.05) is 7.11 Å². The van der Waals surface area contributed by atoms with Crippen LogP contribution in [0.5, 0.6) is 5.75 Å². The number of aromatic amines is 1. The Kier molecular flexibility index (Phi) is 2.47. The zero-order valence-corrected chi connectivity index (χ0v) is 12.2. The molecule has 0 saturated heterocycles. The molecule has 110 valence electrons. The van der Waals surface area contributed by atoms with Crippen molar-refractivity contribution < 1.29 is 14.6 Å². The second-order valence-electron chi connectivity index (χ2n) is 5.61. The molecule has 22 heavy (non-hydrogen) atoms. The number of hydrogen-bond donors (Lipinski definition) is 2. The van der Waals surface area contributed by atoms with Crippen LogP contribution in [0, 0.1) is 0 Å². The van der Waals surface area contributed by atoms with Gasteiger partial charge in [0.2, 0.25) is 0 Å². The molecule has 2 aromatic heterocycles. The summed E-state index contributed by atoms with van der Waals surface area (Å²) in [6.45, 7) is 1.67. The Labute approximate surface area is 126 Å². The van der Waals surface area contributed by atoms with Crippen LogP contribution in [0.25, 0.3) is 10.9 Å². The van der Waals surface area contributed by atoms with E-state index >= 15 is 0 Å². The van der Waals surface area contributed by atoms with E-state index in [0.29, 0.717) is 28.1 Å². The molecule has 5 heteroatoms. The summed E-state index contributed by atoms with van der Waals surface area (Å²) >= 11 is 0. The lowest BCUT2D eigenvalue weighted by molar-refractivity contribution is 0.0838. The highest BCUT2D eigenvalue weighted by Gasteiger charge is 2.41. The lowest BCUT2D eigenvalue weighted by Crippen LogP contribution is -2.32. The summed E-state index contributed by atoms with van der Waals surface area (Å²) in [5, 5.41) is 11.7. The number of nitrogens with zero attached hydrogens (tertiary/aromatic N) is 1. The lowest BCUT2D eigenvalue weighted by atomic mass is 9.79. The number of H-pyrrole nitrogens is 1. The topological polar surface area (TPSA) is 75.2 Å². The van der Waals surface area contributed by atoms with E-state index in [1.54, 1.807) is 32.5 Å². The summed E-state index contributed by atoms with van der Waals surface area (Å²) in [7, 11) is 1.58. The van der Waals surface area contributed by atoms with Crippen molar-refractivity contribution in [1.29, 1.82) is 0 Å². The van der Waals surface area contributed by atoms with Crippen LogP contribution in [-0.4, -0.2) is 28.0 Å². The fraction of sp³-hybridized carbons (Fsp3) is 0.176. The van der Waals surface area contributed by atoms with Gasteiger partial charge >= 0.3 is 0 Å². The van der Waals surface area contributed by atoms with Gasteiger partial charge in [0, 0.05) is 34.4 Å². The van der Waals surface area contributed by atoms with Crippen LogP contribution in [0.1, 0.15) is 34.1 Å². The number of aromatic nitrogens is 2. The predicted molar refractivity (Wildman–Crippen MR) is 81.2 cm³/mol. The highest BCUT2D eigenvalue weighted by Crippen LogP contribution is 2.42. The minimum atomic E-state index is -1.29. The van der Waals surface area contributed by atoms with Crippen molar-refractivity contribution in [3.05, 3.63) is 59.0 Å². The third-order valence-electron chi connectivity index (χ3n) is 4.31. The molecular formula is C17H14N2O3. The quantitative estimate of drug-likeness (QED) is 0.722. The Morgan fingerprint density at radius 2 is 2.14 bits per heavy atom. The molecule has 3 aromatic rings. The number of pyridine rings is 1. The van der Waals surface area contributed by atoms with Gasteiger partial charge in [0.1, 0.15) is 11.4 Å². The van der Waals surface area contributed by atoms with E-state index in [-0.39, 0.29) is 5.78 Å². The van der Waals surface area contributed by atoms with Crippen LogP contribution < -0.4 is 4.74 Å². The number of rotatable bonds is 1. The molecular weight excluding hydrogens is 280 g/mol. The van der Waals surface area contributed by atoms with E-state index < -0.39 is 5.60 Å². The van der Waals surface area contributed by atoms with E-state index in [2.05, 4.69) is 9.97 Å². The molecule has 1 aliphatic rings. The number of carbonyl (C=O) groups excluding carboxylic acids is 1. The van der Waals surface area contributed by atoms with E-state index in [1.807, 2.05) is 18.2 Å². The molecule has 0 saturated carbocycles. The second-order valence-corrected chi connectivity index (χ2v) is 5.61.